The van der Waals surface area contributed by atoms with Crippen molar-refractivity contribution in [3.8, 4) is 5.82 Å². The van der Waals surface area contributed by atoms with Gasteiger partial charge in [-0.15, -0.1) is 0 Å². The van der Waals surface area contributed by atoms with Crippen molar-refractivity contribution in [2.24, 2.45) is 34.5 Å². The van der Waals surface area contributed by atoms with Crippen molar-refractivity contribution < 1.29 is 23.8 Å². The highest BCUT2D eigenvalue weighted by Gasteiger charge is 2.71. The molecule has 7 rings (SSSR count). The van der Waals surface area contributed by atoms with Gasteiger partial charge in [0.1, 0.15) is 6.01 Å². The Kier molecular flexibility index (Phi) is 6.33. The predicted octanol–water partition coefficient (Wildman–Crippen LogP) is 5.61. The Balaban J connectivity index is 1.23. The van der Waals surface area contributed by atoms with Crippen LogP contribution in [0, 0.1) is 41.4 Å². The average Bonchev–Trinajstić information content (AvgIpc) is 3.65. The average molecular weight is 580 g/mol. The molecule has 7 nitrogen and oxygen atoms in total. The first-order chi connectivity index (χ1) is 19.6. The van der Waals surface area contributed by atoms with Crippen LogP contribution in [0.2, 0.25) is 0 Å². The summed E-state index contributed by atoms with van der Waals surface area (Å²) in [5.74, 6) is 0.578. The van der Waals surface area contributed by atoms with Crippen LogP contribution in [-0.2, 0) is 20.7 Å². The number of aliphatic hydroxyl groups excluding tert-OH is 1. The molecule has 0 aromatic carbocycles. The van der Waals surface area contributed by atoms with Crippen molar-refractivity contribution >= 4 is 28.9 Å². The SMILES string of the molecule is Cc1ccc(-n2ncc3c2C=C2CCC4[C@H](C(O)CC5(C)[C@H]4CCC5(OC(=O)C4CC4)C(=O)SCF)C2(C)C3)nc1. The molecule has 5 aliphatic carbocycles. The van der Waals surface area contributed by atoms with Crippen LogP contribution in [0.25, 0.3) is 11.9 Å². The monoisotopic (exact) mass is 579 g/mol. The molecule has 9 heteroatoms. The highest BCUT2D eigenvalue weighted by molar-refractivity contribution is 8.13. The lowest BCUT2D eigenvalue weighted by molar-refractivity contribution is -0.197. The number of carbonyl (C=O) groups is 2. The molecule has 2 heterocycles. The van der Waals surface area contributed by atoms with Gasteiger partial charge in [0.25, 0.3) is 0 Å². The van der Waals surface area contributed by atoms with E-state index in [9.17, 15) is 19.1 Å². The Morgan fingerprint density at radius 3 is 2.71 bits per heavy atom. The molecule has 4 fully saturated rings. The van der Waals surface area contributed by atoms with Crippen molar-refractivity contribution in [2.45, 2.75) is 83.8 Å². The number of nitrogens with zero attached hydrogens (tertiary/aromatic N) is 3. The lowest BCUT2D eigenvalue weighted by Gasteiger charge is -2.60. The summed E-state index contributed by atoms with van der Waals surface area (Å²) >= 11 is 0.609. The summed E-state index contributed by atoms with van der Waals surface area (Å²) in [6.07, 6.45) is 11.0. The van der Waals surface area contributed by atoms with Gasteiger partial charge in [-0.25, -0.2) is 14.1 Å². The molecule has 0 radical (unpaired) electrons. The van der Waals surface area contributed by atoms with Crippen LogP contribution in [-0.4, -0.2) is 48.7 Å². The first-order valence-corrected chi connectivity index (χ1v) is 15.9. The summed E-state index contributed by atoms with van der Waals surface area (Å²) in [6, 6.07) is 3.18. The van der Waals surface area contributed by atoms with E-state index in [-0.39, 0.29) is 35.1 Å². The molecule has 1 N–H and O–H groups in total. The number of thioether (sulfide) groups is 1. The number of aryl methyl sites for hydroxylation is 1. The Bertz CT molecular complexity index is 1440. The largest absolute Gasteiger partial charge is 0.449 e. The molecule has 41 heavy (non-hydrogen) atoms. The van der Waals surface area contributed by atoms with Gasteiger partial charge in [-0.05, 0) is 116 Å². The lowest BCUT2D eigenvalue weighted by atomic mass is 9.45. The number of hydrogen-bond donors (Lipinski definition) is 1. The van der Waals surface area contributed by atoms with E-state index in [1.807, 2.05) is 43.1 Å². The van der Waals surface area contributed by atoms with Crippen LogP contribution in [0.5, 0.6) is 0 Å². The molecule has 2 aromatic heterocycles. The Morgan fingerprint density at radius 2 is 2.00 bits per heavy atom. The fourth-order valence-corrected chi connectivity index (χ4v) is 9.93. The van der Waals surface area contributed by atoms with Crippen LogP contribution in [0.15, 0.2) is 30.1 Å². The predicted molar refractivity (Wildman–Crippen MR) is 154 cm³/mol. The van der Waals surface area contributed by atoms with Gasteiger partial charge in [0.05, 0.1) is 23.9 Å². The zero-order chi connectivity index (χ0) is 28.7. The van der Waals surface area contributed by atoms with E-state index in [2.05, 4.69) is 18.0 Å². The van der Waals surface area contributed by atoms with E-state index >= 15 is 0 Å². The fraction of sp³-hybridized carbons (Fsp3) is 0.625. The standard InChI is InChI=1S/C32H38FN3O4S/c1-18-4-9-26(34-15-18)36-24-12-21-7-8-22-23-10-11-32(29(39)41-17-33,40-28(38)19-5-6-19)31(23,3)14-25(37)27(22)30(21,2)13-20(24)16-35-36/h4,9,12,15-16,19,22-23,25,27,37H,5-8,10-11,13-14,17H2,1-3H3/t22?,23-,25?,27+,30?,31?,32?/m0/s1. The molecule has 7 atom stereocenters. The maximum atomic E-state index is 13.6. The Hall–Kier alpha value is -2.52. The lowest BCUT2D eigenvalue weighted by Crippen LogP contribution is -2.62. The molecule has 4 saturated carbocycles. The number of hydrogen-bond acceptors (Lipinski definition) is 7. The molecule has 0 aliphatic heterocycles. The third kappa shape index (κ3) is 3.94. The van der Waals surface area contributed by atoms with Crippen molar-refractivity contribution in [2.75, 3.05) is 6.01 Å². The summed E-state index contributed by atoms with van der Waals surface area (Å²) in [6.45, 7) is 6.32. The van der Waals surface area contributed by atoms with Crippen LogP contribution in [0.4, 0.5) is 4.39 Å². The molecule has 0 spiro atoms. The molecule has 0 saturated heterocycles. The molecule has 5 unspecified atom stereocenters. The molecule has 5 aliphatic rings. The molecule has 2 aromatic rings. The van der Waals surface area contributed by atoms with E-state index in [1.165, 1.54) is 5.57 Å². The zero-order valence-corrected chi connectivity index (χ0v) is 24.8. The molecular weight excluding hydrogens is 541 g/mol. The Morgan fingerprint density at radius 1 is 1.20 bits per heavy atom. The van der Waals surface area contributed by atoms with Gasteiger partial charge in [-0.2, -0.15) is 5.10 Å². The maximum absolute atomic E-state index is 13.6. The number of aliphatic hydroxyl groups is 1. The van der Waals surface area contributed by atoms with E-state index in [4.69, 9.17) is 9.84 Å². The van der Waals surface area contributed by atoms with Crippen molar-refractivity contribution in [1.82, 2.24) is 14.8 Å². The third-order valence-electron chi connectivity index (χ3n) is 11.4. The van der Waals surface area contributed by atoms with Gasteiger partial charge in [0.15, 0.2) is 11.4 Å². The maximum Gasteiger partial charge on any atom is 0.309 e. The zero-order valence-electron chi connectivity index (χ0n) is 23.9. The number of allylic oxidation sites excluding steroid dienone is 1. The smallest absolute Gasteiger partial charge is 0.309 e. The quantitative estimate of drug-likeness (QED) is 0.461. The number of rotatable bonds is 5. The highest BCUT2D eigenvalue weighted by Crippen LogP contribution is 2.69. The van der Waals surface area contributed by atoms with Gasteiger partial charge in [-0.3, -0.25) is 9.59 Å². The number of halogens is 1. The first kappa shape index (κ1) is 27.3. The fourth-order valence-electron chi connectivity index (χ4n) is 9.23. The van der Waals surface area contributed by atoms with Gasteiger partial charge in [-0.1, -0.05) is 25.5 Å². The minimum atomic E-state index is -1.39. The highest BCUT2D eigenvalue weighted by atomic mass is 32.2. The summed E-state index contributed by atoms with van der Waals surface area (Å²) in [7, 11) is 0. The summed E-state index contributed by atoms with van der Waals surface area (Å²) in [4.78, 5) is 31.1. The van der Waals surface area contributed by atoms with Crippen LogP contribution >= 0.6 is 11.8 Å². The number of esters is 1. The Labute approximate surface area is 244 Å². The second-order valence-electron chi connectivity index (χ2n) is 13.6. The van der Waals surface area contributed by atoms with Crippen molar-refractivity contribution in [3.05, 3.63) is 46.9 Å². The topological polar surface area (TPSA) is 94.3 Å². The number of fused-ring (bicyclic) bond motifs is 6. The second-order valence-corrected chi connectivity index (χ2v) is 14.4. The van der Waals surface area contributed by atoms with E-state index in [1.54, 1.807) is 0 Å². The minimum absolute atomic E-state index is 0.00781. The molecule has 218 valence electrons. The van der Waals surface area contributed by atoms with Crippen LogP contribution < -0.4 is 0 Å². The number of carbonyl (C=O) groups excluding carboxylic acids is 2. The van der Waals surface area contributed by atoms with E-state index in [0.717, 1.165) is 61.2 Å². The number of aromatic nitrogens is 3. The summed E-state index contributed by atoms with van der Waals surface area (Å²) in [5.41, 5.74) is 2.25. The van der Waals surface area contributed by atoms with E-state index < -0.39 is 28.2 Å². The molecule has 0 amide bonds. The van der Waals surface area contributed by atoms with Gasteiger partial charge >= 0.3 is 5.97 Å². The number of ether oxygens (including phenoxy) is 1. The minimum Gasteiger partial charge on any atom is -0.449 e. The van der Waals surface area contributed by atoms with Crippen LogP contribution in [0.1, 0.15) is 75.6 Å². The van der Waals surface area contributed by atoms with Gasteiger partial charge in [0.2, 0.25) is 5.12 Å². The van der Waals surface area contributed by atoms with Gasteiger partial charge < -0.3 is 9.84 Å². The molecule has 0 bridgehead atoms. The van der Waals surface area contributed by atoms with Crippen molar-refractivity contribution in [1.29, 1.82) is 0 Å². The normalized spacial score (nSPS) is 37.3. The summed E-state index contributed by atoms with van der Waals surface area (Å²) in [5, 5.41) is 16.3. The number of alkyl halides is 1. The van der Waals surface area contributed by atoms with Crippen molar-refractivity contribution in [3.63, 3.8) is 0 Å². The first-order valence-electron chi connectivity index (χ1n) is 15.0. The van der Waals surface area contributed by atoms with Gasteiger partial charge in [0, 0.05) is 11.6 Å². The summed E-state index contributed by atoms with van der Waals surface area (Å²) < 4.78 is 21.6. The third-order valence-corrected chi connectivity index (χ3v) is 12.1. The van der Waals surface area contributed by atoms with E-state index in [0.29, 0.717) is 24.6 Å². The second kappa shape index (κ2) is 9.49. The molecular formula is C32H38FN3O4S. The number of pyridine rings is 1. The van der Waals surface area contributed by atoms with Crippen LogP contribution in [0.3, 0.4) is 0 Å².